The van der Waals surface area contributed by atoms with Gasteiger partial charge in [0.1, 0.15) is 0 Å². The second-order valence-corrected chi connectivity index (χ2v) is 3.32. The van der Waals surface area contributed by atoms with Crippen molar-refractivity contribution in [2.24, 2.45) is 0 Å². The predicted octanol–water partition coefficient (Wildman–Crippen LogP) is 1.24. The predicted molar refractivity (Wildman–Crippen MR) is 36.1 cm³/mol. The Kier molecular flexibility index (Phi) is 4.69. The van der Waals surface area contributed by atoms with Crippen molar-refractivity contribution < 1.29 is 22.9 Å². The molecule has 0 saturated carbocycles. The maximum absolute atomic E-state index is 10.4. The van der Waals surface area contributed by atoms with E-state index < -0.39 is 16.5 Å². The molecule has 0 aromatic heterocycles. The molecule has 0 aliphatic heterocycles. The quantitative estimate of drug-likeness (QED) is 0.515. The summed E-state index contributed by atoms with van der Waals surface area (Å²) >= 11 is 0. The van der Waals surface area contributed by atoms with E-state index in [-0.39, 0.29) is 6.61 Å². The van der Waals surface area contributed by atoms with Crippen molar-refractivity contribution in [1.29, 1.82) is 0 Å². The van der Waals surface area contributed by atoms with Crippen molar-refractivity contribution in [3.63, 3.8) is 0 Å². The first-order valence-electron chi connectivity index (χ1n) is 2.26. The van der Waals surface area contributed by atoms with E-state index in [9.17, 15) is 9.13 Å². The maximum atomic E-state index is 10.4. The first kappa shape index (κ1) is 9.95. The molecule has 7 heteroatoms. The molecule has 10 heavy (non-hydrogen) atoms. The van der Waals surface area contributed by atoms with Crippen LogP contribution >= 0.6 is 16.5 Å². The highest BCUT2D eigenvalue weighted by Gasteiger charge is 2.25. The highest BCUT2D eigenvalue weighted by molar-refractivity contribution is 7.52. The highest BCUT2D eigenvalue weighted by Crippen LogP contribution is 2.46. The van der Waals surface area contributed by atoms with Crippen LogP contribution in [0.25, 0.3) is 0 Å². The minimum Gasteiger partial charge on any atom is -0.300 e. The standard InChI is InChI=1S/C3H6O5P2/c1-2-3-7-10(5,6)8-9-4/h2,9H,1,3H2/p+1. The minimum absolute atomic E-state index is 0.113. The molecule has 0 radical (unpaired) electrons. The Hall–Kier alpha value is -0.0500. The fourth-order valence-corrected chi connectivity index (χ4v) is 1.10. The zero-order valence-electron chi connectivity index (χ0n) is 5.02. The van der Waals surface area contributed by atoms with Crippen LogP contribution in [-0.4, -0.2) is 11.5 Å². The van der Waals surface area contributed by atoms with Gasteiger partial charge in [0.05, 0.1) is 6.61 Å². The van der Waals surface area contributed by atoms with Gasteiger partial charge in [-0.1, -0.05) is 6.08 Å². The zero-order chi connectivity index (χ0) is 8.04. The summed E-state index contributed by atoms with van der Waals surface area (Å²) in [6.07, 6.45) is 1.28. The van der Waals surface area contributed by atoms with Gasteiger partial charge < -0.3 is 4.89 Å². The third-order valence-electron chi connectivity index (χ3n) is 0.508. The second-order valence-electron chi connectivity index (χ2n) is 1.23. The molecular weight excluding hydrogens is 178 g/mol. The van der Waals surface area contributed by atoms with E-state index in [1.54, 1.807) is 0 Å². The Balaban J connectivity index is 3.74. The lowest BCUT2D eigenvalue weighted by molar-refractivity contribution is 0.228. The lowest BCUT2D eigenvalue weighted by atomic mass is 10.7. The molecule has 0 saturated heterocycles. The van der Waals surface area contributed by atoms with Crippen LogP contribution in [0.15, 0.2) is 12.7 Å². The van der Waals surface area contributed by atoms with Crippen molar-refractivity contribution in [2.75, 3.05) is 6.61 Å². The molecule has 1 N–H and O–H groups in total. The topological polar surface area (TPSA) is 72.8 Å². The van der Waals surface area contributed by atoms with E-state index in [1.807, 2.05) is 0 Å². The van der Waals surface area contributed by atoms with Crippen molar-refractivity contribution >= 4 is 16.5 Å². The molecule has 0 heterocycles. The third kappa shape index (κ3) is 4.79. The molecule has 0 aliphatic rings. The van der Waals surface area contributed by atoms with Crippen LogP contribution < -0.4 is 0 Å². The molecule has 0 aromatic carbocycles. The Morgan fingerprint density at radius 3 is 2.80 bits per heavy atom. The summed E-state index contributed by atoms with van der Waals surface area (Å²) in [5.74, 6) is 0. The number of rotatable bonds is 5. The van der Waals surface area contributed by atoms with Gasteiger partial charge in [-0.15, -0.1) is 6.58 Å². The summed E-state index contributed by atoms with van der Waals surface area (Å²) in [6.45, 7) is 3.12. The van der Waals surface area contributed by atoms with Gasteiger partial charge in [-0.25, -0.2) is 4.57 Å². The normalized spacial score (nSPS) is 16.5. The van der Waals surface area contributed by atoms with Gasteiger partial charge in [0.25, 0.3) is 0 Å². The van der Waals surface area contributed by atoms with Crippen molar-refractivity contribution in [1.82, 2.24) is 0 Å². The van der Waals surface area contributed by atoms with Gasteiger partial charge in [0.2, 0.25) is 0 Å². The van der Waals surface area contributed by atoms with Crippen molar-refractivity contribution in [3.05, 3.63) is 12.7 Å². The van der Waals surface area contributed by atoms with Crippen LogP contribution in [0.5, 0.6) is 0 Å². The van der Waals surface area contributed by atoms with Crippen molar-refractivity contribution in [2.45, 2.75) is 0 Å². The van der Waals surface area contributed by atoms with E-state index in [1.165, 1.54) is 6.08 Å². The molecular formula is C3H7O5P2+. The van der Waals surface area contributed by atoms with Crippen molar-refractivity contribution in [3.8, 4) is 0 Å². The van der Waals surface area contributed by atoms with E-state index in [2.05, 4.69) is 15.4 Å². The minimum atomic E-state index is -4.08. The Labute approximate surface area is 59.6 Å². The summed E-state index contributed by atoms with van der Waals surface area (Å²) in [7, 11) is -5.38. The van der Waals surface area contributed by atoms with E-state index in [0.29, 0.717) is 0 Å². The fourth-order valence-electron chi connectivity index (χ4n) is 0.220. The third-order valence-corrected chi connectivity index (χ3v) is 2.20. The average molecular weight is 185 g/mol. The van der Waals surface area contributed by atoms with Gasteiger partial charge in [0.15, 0.2) is 0 Å². The molecule has 58 valence electrons. The molecule has 2 atom stereocenters. The summed E-state index contributed by atoms with van der Waals surface area (Å²) in [5, 5.41) is 0. The van der Waals surface area contributed by atoms with Crippen LogP contribution in [0.2, 0.25) is 0 Å². The summed E-state index contributed by atoms with van der Waals surface area (Å²) in [4.78, 5) is 8.52. The van der Waals surface area contributed by atoms with Gasteiger partial charge >= 0.3 is 16.5 Å². The second kappa shape index (κ2) is 4.72. The highest BCUT2D eigenvalue weighted by atomic mass is 31.2. The molecule has 0 rings (SSSR count). The van der Waals surface area contributed by atoms with Crippen LogP contribution in [0.3, 0.4) is 0 Å². The Bertz CT molecular complexity index is 166. The Morgan fingerprint density at radius 1 is 1.80 bits per heavy atom. The molecule has 0 aromatic rings. The maximum Gasteiger partial charge on any atom is 0.515 e. The Morgan fingerprint density at radius 2 is 2.40 bits per heavy atom. The van der Waals surface area contributed by atoms with E-state index in [0.717, 1.165) is 0 Å². The van der Waals surface area contributed by atoms with Crippen LogP contribution in [0.1, 0.15) is 0 Å². The number of phosphoric ester groups is 1. The largest absolute Gasteiger partial charge is 0.515 e. The van der Waals surface area contributed by atoms with Gasteiger partial charge in [-0.3, -0.25) is 4.52 Å². The van der Waals surface area contributed by atoms with Gasteiger partial charge in [-0.05, 0) is 8.88 Å². The van der Waals surface area contributed by atoms with Gasteiger partial charge in [0, 0.05) is 0 Å². The van der Waals surface area contributed by atoms with Gasteiger partial charge in [-0.2, -0.15) is 0 Å². The number of hydrogen-bond acceptors (Lipinski definition) is 4. The van der Waals surface area contributed by atoms with E-state index >= 15 is 0 Å². The van der Waals surface area contributed by atoms with Crippen LogP contribution in [-0.2, 0) is 18.0 Å². The zero-order valence-corrected chi connectivity index (χ0v) is 6.91. The lowest BCUT2D eigenvalue weighted by Crippen LogP contribution is -1.87. The number of hydrogen-bond donors (Lipinski definition) is 1. The molecule has 5 nitrogen and oxygen atoms in total. The van der Waals surface area contributed by atoms with Crippen LogP contribution in [0.4, 0.5) is 0 Å². The van der Waals surface area contributed by atoms with Crippen LogP contribution in [0, 0.1) is 0 Å². The monoisotopic (exact) mass is 185 g/mol. The summed E-state index contributed by atoms with van der Waals surface area (Å²) in [5.41, 5.74) is 0. The molecule has 0 aliphatic carbocycles. The first-order valence-corrected chi connectivity index (χ1v) is 4.57. The molecule has 0 amide bonds. The summed E-state index contributed by atoms with van der Waals surface area (Å²) < 4.78 is 28.2. The molecule has 2 unspecified atom stereocenters. The SMILES string of the molecule is C=CCOP(=O)(O)O[PH+]=O. The lowest BCUT2D eigenvalue weighted by Gasteiger charge is -1.99. The fraction of sp³-hybridized carbons (Fsp3) is 0.333. The van der Waals surface area contributed by atoms with E-state index in [4.69, 9.17) is 4.89 Å². The number of phosphoric acid groups is 1. The molecule has 0 spiro atoms. The summed E-state index contributed by atoms with van der Waals surface area (Å²) in [6, 6.07) is 0. The molecule has 0 fully saturated rings. The average Bonchev–Trinajstić information content (AvgIpc) is 1.84. The smallest absolute Gasteiger partial charge is 0.300 e. The first-order chi connectivity index (χ1) is 4.62. The molecule has 0 bridgehead atoms.